The first-order valence-electron chi connectivity index (χ1n) is 7.35. The molecule has 1 aromatic heterocycles. The smallest absolute Gasteiger partial charge is 0.241 e. The maximum absolute atomic E-state index is 12.2. The summed E-state index contributed by atoms with van der Waals surface area (Å²) >= 11 is 0. The molecule has 0 aliphatic heterocycles. The lowest BCUT2D eigenvalue weighted by atomic mass is 10.2. The van der Waals surface area contributed by atoms with Crippen molar-refractivity contribution < 1.29 is 9.59 Å². The van der Waals surface area contributed by atoms with Crippen LogP contribution in [0.15, 0.2) is 24.5 Å². The number of aromatic nitrogens is 1. The zero-order valence-corrected chi connectivity index (χ0v) is 13.4. The summed E-state index contributed by atoms with van der Waals surface area (Å²) in [5, 5.41) is 0. The van der Waals surface area contributed by atoms with Crippen LogP contribution in [0.2, 0.25) is 0 Å². The summed E-state index contributed by atoms with van der Waals surface area (Å²) in [6.07, 6.45) is 5.12. The van der Waals surface area contributed by atoms with Crippen molar-refractivity contribution in [1.29, 1.82) is 0 Å². The topological polar surface area (TPSA) is 53.5 Å². The monoisotopic (exact) mass is 291 g/mol. The summed E-state index contributed by atoms with van der Waals surface area (Å²) in [4.78, 5) is 31.1. The minimum atomic E-state index is -0.0553. The number of amides is 2. The highest BCUT2D eigenvalue weighted by atomic mass is 16.2. The summed E-state index contributed by atoms with van der Waals surface area (Å²) in [7, 11) is 1.78. The van der Waals surface area contributed by atoms with Crippen molar-refractivity contribution >= 4 is 11.8 Å². The quantitative estimate of drug-likeness (QED) is 0.769. The van der Waals surface area contributed by atoms with Crippen LogP contribution in [0.1, 0.15) is 32.8 Å². The molecule has 0 bridgehead atoms. The predicted octanol–water partition coefficient (Wildman–Crippen LogP) is 1.73. The van der Waals surface area contributed by atoms with Gasteiger partial charge in [-0.3, -0.25) is 14.6 Å². The molecule has 1 aromatic rings. The third-order valence-corrected chi connectivity index (χ3v) is 3.74. The molecule has 116 valence electrons. The van der Waals surface area contributed by atoms with Gasteiger partial charge in [0.05, 0.1) is 6.54 Å². The van der Waals surface area contributed by atoms with Gasteiger partial charge in [-0.2, -0.15) is 0 Å². The number of likely N-dealkylation sites (N-methyl/N-ethyl adjacent to an activating group) is 1. The first-order valence-corrected chi connectivity index (χ1v) is 7.35. The molecule has 0 N–H and O–H groups in total. The van der Waals surface area contributed by atoms with Crippen molar-refractivity contribution in [2.24, 2.45) is 0 Å². The Morgan fingerprint density at radius 1 is 1.29 bits per heavy atom. The minimum absolute atomic E-state index is 0.0282. The second kappa shape index (κ2) is 8.39. The lowest BCUT2D eigenvalue weighted by Gasteiger charge is -2.29. The molecule has 0 saturated carbocycles. The van der Waals surface area contributed by atoms with E-state index < -0.39 is 0 Å². The van der Waals surface area contributed by atoms with Gasteiger partial charge in [-0.15, -0.1) is 0 Å². The van der Waals surface area contributed by atoms with Crippen molar-refractivity contribution in [3.05, 3.63) is 30.1 Å². The van der Waals surface area contributed by atoms with E-state index in [-0.39, 0.29) is 24.4 Å². The van der Waals surface area contributed by atoms with E-state index in [0.717, 1.165) is 18.4 Å². The summed E-state index contributed by atoms with van der Waals surface area (Å²) in [6, 6.07) is 3.97. The number of carbonyl (C=O) groups excluding carboxylic acids is 2. The molecule has 1 rings (SSSR count). The van der Waals surface area contributed by atoms with Crippen LogP contribution >= 0.6 is 0 Å². The lowest BCUT2D eigenvalue weighted by molar-refractivity contribution is -0.140. The van der Waals surface area contributed by atoms with Crippen molar-refractivity contribution in [2.75, 3.05) is 20.1 Å². The summed E-state index contributed by atoms with van der Waals surface area (Å²) in [5.41, 5.74) is 1.15. The maximum atomic E-state index is 12.2. The van der Waals surface area contributed by atoms with Gasteiger partial charge in [0.25, 0.3) is 0 Å². The Morgan fingerprint density at radius 2 is 1.90 bits per heavy atom. The van der Waals surface area contributed by atoms with E-state index in [2.05, 4.69) is 4.98 Å². The van der Waals surface area contributed by atoms with E-state index >= 15 is 0 Å². The zero-order chi connectivity index (χ0) is 15.8. The molecule has 0 aromatic carbocycles. The highest BCUT2D eigenvalue weighted by Gasteiger charge is 2.20. The molecule has 1 atom stereocenters. The Kier molecular flexibility index (Phi) is 6.85. The van der Waals surface area contributed by atoms with Gasteiger partial charge in [-0.1, -0.05) is 6.92 Å². The molecule has 0 aliphatic rings. The lowest BCUT2D eigenvalue weighted by Crippen LogP contribution is -2.45. The average Bonchev–Trinajstić information content (AvgIpc) is 2.49. The molecule has 1 unspecified atom stereocenters. The van der Waals surface area contributed by atoms with Gasteiger partial charge >= 0.3 is 0 Å². The molecule has 2 amide bonds. The Balaban J connectivity index is 2.51. The largest absolute Gasteiger partial charge is 0.344 e. The molecule has 5 heteroatoms. The third-order valence-electron chi connectivity index (χ3n) is 3.74. The van der Waals surface area contributed by atoms with Crippen LogP contribution in [-0.4, -0.2) is 52.8 Å². The standard InChI is InChI=1S/C16H25N3O2/c1-5-13(2)19(14(3)20)12-16(21)18(4)11-8-15-6-9-17-10-7-15/h6-7,9-10,13H,5,8,11-12H2,1-4H3. The van der Waals surface area contributed by atoms with Crippen LogP contribution < -0.4 is 0 Å². The van der Waals surface area contributed by atoms with Gasteiger partial charge in [-0.25, -0.2) is 0 Å². The van der Waals surface area contributed by atoms with Crippen LogP contribution in [0.3, 0.4) is 0 Å². The number of carbonyl (C=O) groups is 2. The summed E-state index contributed by atoms with van der Waals surface area (Å²) in [5.74, 6) is -0.0835. The van der Waals surface area contributed by atoms with E-state index in [4.69, 9.17) is 0 Å². The predicted molar refractivity (Wildman–Crippen MR) is 82.7 cm³/mol. The highest BCUT2D eigenvalue weighted by Crippen LogP contribution is 2.05. The number of nitrogens with zero attached hydrogens (tertiary/aromatic N) is 3. The molecule has 21 heavy (non-hydrogen) atoms. The fraction of sp³-hybridized carbons (Fsp3) is 0.562. The van der Waals surface area contributed by atoms with Gasteiger partial charge in [0.15, 0.2) is 0 Å². The van der Waals surface area contributed by atoms with Crippen molar-refractivity contribution in [1.82, 2.24) is 14.8 Å². The van der Waals surface area contributed by atoms with Crippen LogP contribution in [0.25, 0.3) is 0 Å². The SMILES string of the molecule is CCC(C)N(CC(=O)N(C)CCc1ccncc1)C(C)=O. The fourth-order valence-electron chi connectivity index (χ4n) is 2.04. The molecular formula is C16H25N3O2. The molecule has 0 aliphatic carbocycles. The van der Waals surface area contributed by atoms with Crippen molar-refractivity contribution in [2.45, 2.75) is 39.7 Å². The normalized spacial score (nSPS) is 11.8. The first-order chi connectivity index (χ1) is 9.95. The van der Waals surface area contributed by atoms with E-state index in [1.54, 1.807) is 29.2 Å². The zero-order valence-electron chi connectivity index (χ0n) is 13.4. The Labute approximate surface area is 127 Å². The van der Waals surface area contributed by atoms with Crippen LogP contribution in [-0.2, 0) is 16.0 Å². The maximum Gasteiger partial charge on any atom is 0.241 e. The third kappa shape index (κ3) is 5.53. The Hall–Kier alpha value is -1.91. The van der Waals surface area contributed by atoms with Crippen LogP contribution in [0.5, 0.6) is 0 Å². The van der Waals surface area contributed by atoms with Gasteiger partial charge < -0.3 is 9.80 Å². The highest BCUT2D eigenvalue weighted by molar-refractivity contribution is 5.83. The van der Waals surface area contributed by atoms with Crippen molar-refractivity contribution in [3.63, 3.8) is 0 Å². The number of pyridine rings is 1. The minimum Gasteiger partial charge on any atom is -0.344 e. The number of hydrogen-bond acceptors (Lipinski definition) is 3. The molecule has 0 saturated heterocycles. The van der Waals surface area contributed by atoms with Gasteiger partial charge in [0, 0.05) is 39.0 Å². The summed E-state index contributed by atoms with van der Waals surface area (Å²) < 4.78 is 0. The molecule has 0 spiro atoms. The van der Waals surface area contributed by atoms with E-state index in [9.17, 15) is 9.59 Å². The fourth-order valence-corrected chi connectivity index (χ4v) is 2.04. The van der Waals surface area contributed by atoms with Gasteiger partial charge in [0.1, 0.15) is 0 Å². The van der Waals surface area contributed by atoms with E-state index in [1.807, 2.05) is 26.0 Å². The van der Waals surface area contributed by atoms with Crippen LogP contribution in [0.4, 0.5) is 0 Å². The number of rotatable bonds is 7. The second-order valence-electron chi connectivity index (χ2n) is 5.32. The van der Waals surface area contributed by atoms with Crippen LogP contribution in [0, 0.1) is 0 Å². The second-order valence-corrected chi connectivity index (χ2v) is 5.32. The number of hydrogen-bond donors (Lipinski definition) is 0. The molecule has 1 heterocycles. The Bertz CT molecular complexity index is 462. The molecule has 0 fully saturated rings. The first kappa shape index (κ1) is 17.1. The van der Waals surface area contributed by atoms with Gasteiger partial charge in [-0.05, 0) is 37.5 Å². The molecule has 0 radical (unpaired) electrons. The van der Waals surface area contributed by atoms with E-state index in [0.29, 0.717) is 6.54 Å². The molecular weight excluding hydrogens is 266 g/mol. The average molecular weight is 291 g/mol. The van der Waals surface area contributed by atoms with Gasteiger partial charge in [0.2, 0.25) is 11.8 Å². The summed E-state index contributed by atoms with van der Waals surface area (Å²) in [6.45, 7) is 6.27. The Morgan fingerprint density at radius 3 is 2.43 bits per heavy atom. The van der Waals surface area contributed by atoms with E-state index in [1.165, 1.54) is 6.92 Å². The molecule has 5 nitrogen and oxygen atoms in total. The van der Waals surface area contributed by atoms with Crippen molar-refractivity contribution in [3.8, 4) is 0 Å².